The van der Waals surface area contributed by atoms with E-state index < -0.39 is 0 Å². The van der Waals surface area contributed by atoms with Crippen molar-refractivity contribution in [2.45, 2.75) is 13.3 Å². The highest BCUT2D eigenvalue weighted by Gasteiger charge is 2.07. The number of rotatable bonds is 2. The minimum atomic E-state index is 0.660. The highest BCUT2D eigenvalue weighted by Crippen LogP contribution is 2.24. The molecule has 0 bridgehead atoms. The van der Waals surface area contributed by atoms with Crippen molar-refractivity contribution in [3.8, 4) is 11.4 Å². The summed E-state index contributed by atoms with van der Waals surface area (Å²) in [5.74, 6) is 1.53. The van der Waals surface area contributed by atoms with E-state index in [1.807, 2.05) is 31.2 Å². The molecule has 2 aromatic rings. The molecule has 0 saturated carbocycles. The normalized spacial score (nSPS) is 10.4. The number of H-pyrrole nitrogens is 1. The molecular formula is C10H10ClN3. The number of benzene rings is 1. The average Bonchev–Trinajstić information content (AvgIpc) is 2.67. The SMILES string of the molecule is CCc1nc(-c2ccccc2Cl)n[nH]1. The lowest BCUT2D eigenvalue weighted by molar-refractivity contribution is 0.946. The molecular weight excluding hydrogens is 198 g/mol. The van der Waals surface area contributed by atoms with Crippen molar-refractivity contribution in [3.05, 3.63) is 35.1 Å². The third kappa shape index (κ3) is 1.63. The Hall–Kier alpha value is -1.35. The molecule has 3 nitrogen and oxygen atoms in total. The van der Waals surface area contributed by atoms with Gasteiger partial charge in [-0.15, -0.1) is 0 Å². The Kier molecular flexibility index (Phi) is 2.50. The van der Waals surface area contributed by atoms with Gasteiger partial charge >= 0.3 is 0 Å². The minimum absolute atomic E-state index is 0.660. The molecule has 0 aliphatic heterocycles. The van der Waals surface area contributed by atoms with Crippen molar-refractivity contribution in [3.63, 3.8) is 0 Å². The zero-order chi connectivity index (χ0) is 9.97. The molecule has 0 unspecified atom stereocenters. The van der Waals surface area contributed by atoms with Crippen LogP contribution in [0.2, 0.25) is 5.02 Å². The smallest absolute Gasteiger partial charge is 0.182 e. The van der Waals surface area contributed by atoms with E-state index >= 15 is 0 Å². The lowest BCUT2D eigenvalue weighted by Crippen LogP contribution is -1.83. The third-order valence-electron chi connectivity index (χ3n) is 1.98. The van der Waals surface area contributed by atoms with Gasteiger partial charge < -0.3 is 0 Å². The summed E-state index contributed by atoms with van der Waals surface area (Å²) in [6.07, 6.45) is 0.845. The predicted octanol–water partition coefficient (Wildman–Crippen LogP) is 2.69. The van der Waals surface area contributed by atoms with Crippen LogP contribution in [0.25, 0.3) is 11.4 Å². The summed E-state index contributed by atoms with van der Waals surface area (Å²) in [6, 6.07) is 7.55. The van der Waals surface area contributed by atoms with Crippen molar-refractivity contribution in [2.75, 3.05) is 0 Å². The summed E-state index contributed by atoms with van der Waals surface area (Å²) in [5, 5.41) is 7.63. The zero-order valence-corrected chi connectivity index (χ0v) is 8.54. The molecule has 0 amide bonds. The summed E-state index contributed by atoms with van der Waals surface area (Å²) in [7, 11) is 0. The number of aromatic amines is 1. The van der Waals surface area contributed by atoms with Crippen LogP contribution in [0.1, 0.15) is 12.7 Å². The molecule has 72 valence electrons. The summed E-state index contributed by atoms with van der Waals surface area (Å²) < 4.78 is 0. The molecule has 0 atom stereocenters. The standard InChI is InChI=1S/C10H10ClN3/c1-2-9-12-10(14-13-9)7-5-3-4-6-8(7)11/h3-6H,2H2,1H3,(H,12,13,14). The van der Waals surface area contributed by atoms with Crippen molar-refractivity contribution >= 4 is 11.6 Å². The molecule has 1 heterocycles. The van der Waals surface area contributed by atoms with Gasteiger partial charge in [-0.3, -0.25) is 5.10 Å². The number of nitrogens with zero attached hydrogens (tertiary/aromatic N) is 2. The van der Waals surface area contributed by atoms with E-state index in [9.17, 15) is 0 Å². The van der Waals surface area contributed by atoms with Gasteiger partial charge in [0.05, 0.1) is 5.02 Å². The third-order valence-corrected chi connectivity index (χ3v) is 2.31. The maximum Gasteiger partial charge on any atom is 0.182 e. The molecule has 0 aliphatic carbocycles. The molecule has 0 spiro atoms. The van der Waals surface area contributed by atoms with Gasteiger partial charge in [0.2, 0.25) is 0 Å². The highest BCUT2D eigenvalue weighted by atomic mass is 35.5. The molecule has 0 aliphatic rings. The minimum Gasteiger partial charge on any atom is -0.263 e. The summed E-state index contributed by atoms with van der Waals surface area (Å²) in [5.41, 5.74) is 0.866. The van der Waals surface area contributed by atoms with Gasteiger partial charge in [-0.1, -0.05) is 30.7 Å². The Morgan fingerprint density at radius 1 is 1.36 bits per heavy atom. The van der Waals surface area contributed by atoms with Crippen LogP contribution in [0.15, 0.2) is 24.3 Å². The van der Waals surface area contributed by atoms with Gasteiger partial charge in [0.15, 0.2) is 5.82 Å². The second-order valence-corrected chi connectivity index (χ2v) is 3.35. The molecule has 2 rings (SSSR count). The maximum absolute atomic E-state index is 6.02. The van der Waals surface area contributed by atoms with Gasteiger partial charge in [-0.2, -0.15) is 5.10 Å². The Morgan fingerprint density at radius 2 is 2.14 bits per heavy atom. The molecule has 1 aromatic heterocycles. The molecule has 1 aromatic carbocycles. The first-order valence-electron chi connectivity index (χ1n) is 4.47. The largest absolute Gasteiger partial charge is 0.263 e. The van der Waals surface area contributed by atoms with E-state index in [2.05, 4.69) is 15.2 Å². The fourth-order valence-corrected chi connectivity index (χ4v) is 1.44. The monoisotopic (exact) mass is 207 g/mol. The zero-order valence-electron chi connectivity index (χ0n) is 7.79. The number of aryl methyl sites for hydroxylation is 1. The number of halogens is 1. The molecule has 14 heavy (non-hydrogen) atoms. The van der Waals surface area contributed by atoms with Crippen LogP contribution in [0.4, 0.5) is 0 Å². The van der Waals surface area contributed by atoms with E-state index in [-0.39, 0.29) is 0 Å². The number of nitrogens with one attached hydrogen (secondary N) is 1. The van der Waals surface area contributed by atoms with Crippen LogP contribution in [0.3, 0.4) is 0 Å². The van der Waals surface area contributed by atoms with E-state index in [0.29, 0.717) is 10.8 Å². The summed E-state index contributed by atoms with van der Waals surface area (Å²) >= 11 is 6.02. The topological polar surface area (TPSA) is 41.6 Å². The van der Waals surface area contributed by atoms with Crippen molar-refractivity contribution in [1.29, 1.82) is 0 Å². The van der Waals surface area contributed by atoms with E-state index in [1.54, 1.807) is 0 Å². The average molecular weight is 208 g/mol. The van der Waals surface area contributed by atoms with E-state index in [1.165, 1.54) is 0 Å². The van der Waals surface area contributed by atoms with Crippen molar-refractivity contribution in [1.82, 2.24) is 15.2 Å². The second-order valence-electron chi connectivity index (χ2n) is 2.94. The van der Waals surface area contributed by atoms with Crippen molar-refractivity contribution < 1.29 is 0 Å². The van der Waals surface area contributed by atoms with Crippen LogP contribution in [0.5, 0.6) is 0 Å². The highest BCUT2D eigenvalue weighted by molar-refractivity contribution is 6.33. The van der Waals surface area contributed by atoms with E-state index in [0.717, 1.165) is 17.8 Å². The first-order valence-corrected chi connectivity index (χ1v) is 4.85. The lowest BCUT2D eigenvalue weighted by Gasteiger charge is -1.96. The molecule has 0 fully saturated rings. The fourth-order valence-electron chi connectivity index (χ4n) is 1.22. The molecule has 0 saturated heterocycles. The summed E-state index contributed by atoms with van der Waals surface area (Å²) in [6.45, 7) is 2.02. The van der Waals surface area contributed by atoms with Crippen LogP contribution in [0, 0.1) is 0 Å². The number of hydrogen-bond acceptors (Lipinski definition) is 2. The van der Waals surface area contributed by atoms with Gasteiger partial charge in [0, 0.05) is 12.0 Å². The summed E-state index contributed by atoms with van der Waals surface area (Å²) in [4.78, 5) is 4.31. The fraction of sp³-hybridized carbons (Fsp3) is 0.200. The van der Waals surface area contributed by atoms with Gasteiger partial charge in [-0.25, -0.2) is 4.98 Å². The Bertz CT molecular complexity index is 436. The van der Waals surface area contributed by atoms with Crippen LogP contribution in [-0.2, 0) is 6.42 Å². The van der Waals surface area contributed by atoms with Gasteiger partial charge in [0.25, 0.3) is 0 Å². The number of hydrogen-bond donors (Lipinski definition) is 1. The van der Waals surface area contributed by atoms with Crippen molar-refractivity contribution in [2.24, 2.45) is 0 Å². The van der Waals surface area contributed by atoms with Crippen LogP contribution < -0.4 is 0 Å². The quantitative estimate of drug-likeness (QED) is 0.823. The maximum atomic E-state index is 6.02. The molecule has 4 heteroatoms. The van der Waals surface area contributed by atoms with E-state index in [4.69, 9.17) is 11.6 Å². The first-order chi connectivity index (χ1) is 6.81. The Labute approximate surface area is 87.1 Å². The van der Waals surface area contributed by atoms with Gasteiger partial charge in [0.1, 0.15) is 5.82 Å². The second kappa shape index (κ2) is 3.80. The molecule has 0 radical (unpaired) electrons. The van der Waals surface area contributed by atoms with Crippen LogP contribution in [-0.4, -0.2) is 15.2 Å². The first kappa shape index (κ1) is 9.21. The number of aromatic nitrogens is 3. The van der Waals surface area contributed by atoms with Gasteiger partial charge in [-0.05, 0) is 12.1 Å². The van der Waals surface area contributed by atoms with Crippen LogP contribution >= 0.6 is 11.6 Å². The Morgan fingerprint density at radius 3 is 2.79 bits per heavy atom. The lowest BCUT2D eigenvalue weighted by atomic mass is 10.2. The predicted molar refractivity (Wildman–Crippen MR) is 56.2 cm³/mol. The Balaban J connectivity index is 2.44. The molecule has 1 N–H and O–H groups in total.